The fraction of sp³-hybridized carbons (Fsp3) is 0.684. The van der Waals surface area contributed by atoms with Crippen LogP contribution in [0.1, 0.15) is 58.4 Å². The Hall–Kier alpha value is -0.730. The van der Waals surface area contributed by atoms with Gasteiger partial charge < -0.3 is 10.0 Å². The van der Waals surface area contributed by atoms with Crippen LogP contribution in [0.25, 0.3) is 0 Å². The third-order valence-corrected chi connectivity index (χ3v) is 5.82. The molecule has 3 heteroatoms. The van der Waals surface area contributed by atoms with E-state index in [1.54, 1.807) is 0 Å². The summed E-state index contributed by atoms with van der Waals surface area (Å²) in [6.45, 7) is 10.4. The van der Waals surface area contributed by atoms with E-state index >= 15 is 0 Å². The zero-order valence-electron chi connectivity index (χ0n) is 14.2. The van der Waals surface area contributed by atoms with Crippen molar-refractivity contribution in [3.63, 3.8) is 0 Å². The van der Waals surface area contributed by atoms with Gasteiger partial charge in [0.1, 0.15) is 5.75 Å². The second kappa shape index (κ2) is 7.70. The van der Waals surface area contributed by atoms with Crippen molar-refractivity contribution in [1.29, 1.82) is 0 Å². The highest BCUT2D eigenvalue weighted by Gasteiger charge is 2.38. The fourth-order valence-electron chi connectivity index (χ4n) is 3.58. The molecule has 0 saturated carbocycles. The molecule has 0 bridgehead atoms. The molecule has 1 N–H and O–H groups in total. The Bertz CT molecular complexity index is 490. The summed E-state index contributed by atoms with van der Waals surface area (Å²) in [6, 6.07) is 5.76. The number of unbranched alkanes of at least 4 members (excludes halogenated alkanes) is 3. The van der Waals surface area contributed by atoms with Crippen LogP contribution in [-0.4, -0.2) is 29.6 Å². The first kappa shape index (κ1) is 17.6. The van der Waals surface area contributed by atoms with E-state index in [0.29, 0.717) is 10.9 Å². The number of benzene rings is 1. The molecule has 0 spiro atoms. The van der Waals surface area contributed by atoms with Gasteiger partial charge in [0.2, 0.25) is 0 Å². The molecule has 2 rings (SSSR count). The summed E-state index contributed by atoms with van der Waals surface area (Å²) in [6.07, 6.45) is 6.46. The number of phenols is 1. The van der Waals surface area contributed by atoms with Crippen LogP contribution in [0.5, 0.6) is 5.75 Å². The van der Waals surface area contributed by atoms with Crippen molar-refractivity contribution in [2.75, 3.05) is 19.6 Å². The Balaban J connectivity index is 1.98. The Labute approximate surface area is 140 Å². The molecule has 22 heavy (non-hydrogen) atoms. The summed E-state index contributed by atoms with van der Waals surface area (Å²) in [7, 11) is 0. The van der Waals surface area contributed by atoms with Gasteiger partial charge >= 0.3 is 0 Å². The predicted octanol–water partition coefficient (Wildman–Crippen LogP) is 5.23. The summed E-state index contributed by atoms with van der Waals surface area (Å²) in [5.74, 6) is 0.780. The lowest BCUT2D eigenvalue weighted by Crippen LogP contribution is -2.47. The first-order valence-electron chi connectivity index (χ1n) is 8.68. The van der Waals surface area contributed by atoms with Gasteiger partial charge in [0.15, 0.2) is 0 Å². The average Bonchev–Trinajstić information content (AvgIpc) is 2.50. The van der Waals surface area contributed by atoms with Crippen molar-refractivity contribution >= 4 is 11.6 Å². The highest BCUT2D eigenvalue weighted by atomic mass is 35.5. The van der Waals surface area contributed by atoms with Crippen molar-refractivity contribution < 1.29 is 5.11 Å². The SMILES string of the molecule is CCCCCCN1CC[C@](C)(c2ccc(Cl)c(O)c2)[C@@H](C)C1. The zero-order valence-corrected chi connectivity index (χ0v) is 15.0. The van der Waals surface area contributed by atoms with Crippen LogP contribution in [0.15, 0.2) is 18.2 Å². The molecular formula is C19H30ClNO. The standard InChI is InChI=1S/C19H30ClNO/c1-4-5-6-7-11-21-12-10-19(3,15(2)14-21)16-8-9-17(20)18(22)13-16/h8-9,13,15,22H,4-7,10-12,14H2,1-3H3/t15-,19-/m0/s1. The topological polar surface area (TPSA) is 23.5 Å². The molecular weight excluding hydrogens is 294 g/mol. The Kier molecular flexibility index (Phi) is 6.17. The van der Waals surface area contributed by atoms with Gasteiger partial charge in [-0.15, -0.1) is 0 Å². The number of hydrogen-bond acceptors (Lipinski definition) is 2. The summed E-state index contributed by atoms with van der Waals surface area (Å²) < 4.78 is 0. The molecule has 1 aliphatic heterocycles. The molecule has 0 radical (unpaired) electrons. The van der Waals surface area contributed by atoms with E-state index in [4.69, 9.17) is 11.6 Å². The molecule has 1 aromatic carbocycles. The minimum Gasteiger partial charge on any atom is -0.506 e. The van der Waals surface area contributed by atoms with Crippen molar-refractivity contribution in [3.8, 4) is 5.75 Å². The third-order valence-electron chi connectivity index (χ3n) is 5.50. The quantitative estimate of drug-likeness (QED) is 0.725. The number of piperidine rings is 1. The Morgan fingerprint density at radius 1 is 1.32 bits per heavy atom. The molecule has 1 aliphatic rings. The average molecular weight is 324 g/mol. The number of hydrogen-bond donors (Lipinski definition) is 1. The van der Waals surface area contributed by atoms with E-state index in [-0.39, 0.29) is 11.2 Å². The molecule has 1 aromatic rings. The van der Waals surface area contributed by atoms with Crippen LogP contribution in [0.3, 0.4) is 0 Å². The molecule has 1 heterocycles. The fourth-order valence-corrected chi connectivity index (χ4v) is 3.70. The maximum atomic E-state index is 9.91. The van der Waals surface area contributed by atoms with Gasteiger partial charge in [0.25, 0.3) is 0 Å². The molecule has 1 saturated heterocycles. The maximum absolute atomic E-state index is 9.91. The summed E-state index contributed by atoms with van der Waals surface area (Å²) >= 11 is 5.95. The van der Waals surface area contributed by atoms with Gasteiger partial charge in [-0.2, -0.15) is 0 Å². The van der Waals surface area contributed by atoms with Crippen LogP contribution in [0, 0.1) is 5.92 Å². The van der Waals surface area contributed by atoms with Gasteiger partial charge in [-0.1, -0.05) is 57.7 Å². The first-order chi connectivity index (χ1) is 10.5. The van der Waals surface area contributed by atoms with E-state index in [1.807, 2.05) is 12.1 Å². The first-order valence-corrected chi connectivity index (χ1v) is 9.06. The largest absolute Gasteiger partial charge is 0.506 e. The third kappa shape index (κ3) is 3.97. The number of halogens is 1. The lowest BCUT2D eigenvalue weighted by atomic mass is 9.68. The summed E-state index contributed by atoms with van der Waals surface area (Å²) in [4.78, 5) is 2.61. The van der Waals surface area contributed by atoms with Gasteiger partial charge in [0, 0.05) is 6.54 Å². The number of rotatable bonds is 6. The van der Waals surface area contributed by atoms with E-state index in [9.17, 15) is 5.11 Å². The Morgan fingerprint density at radius 3 is 2.73 bits per heavy atom. The number of likely N-dealkylation sites (tertiary alicyclic amines) is 1. The normalized spacial score (nSPS) is 26.3. The second-order valence-electron chi connectivity index (χ2n) is 7.10. The summed E-state index contributed by atoms with van der Waals surface area (Å²) in [5.41, 5.74) is 1.34. The van der Waals surface area contributed by atoms with Crippen molar-refractivity contribution in [3.05, 3.63) is 28.8 Å². The van der Waals surface area contributed by atoms with E-state index in [0.717, 1.165) is 19.5 Å². The van der Waals surface area contributed by atoms with Crippen LogP contribution < -0.4 is 0 Å². The molecule has 124 valence electrons. The Morgan fingerprint density at radius 2 is 2.09 bits per heavy atom. The van der Waals surface area contributed by atoms with Crippen LogP contribution in [0.2, 0.25) is 5.02 Å². The van der Waals surface area contributed by atoms with Gasteiger partial charge in [-0.05, 0) is 55.0 Å². The molecule has 2 nitrogen and oxygen atoms in total. The molecule has 2 atom stereocenters. The summed E-state index contributed by atoms with van der Waals surface area (Å²) in [5, 5.41) is 10.3. The van der Waals surface area contributed by atoms with Crippen molar-refractivity contribution in [1.82, 2.24) is 4.90 Å². The van der Waals surface area contributed by atoms with Crippen LogP contribution in [-0.2, 0) is 5.41 Å². The smallest absolute Gasteiger partial charge is 0.134 e. The zero-order chi connectivity index (χ0) is 16.2. The van der Waals surface area contributed by atoms with Gasteiger partial charge in [-0.3, -0.25) is 0 Å². The molecule has 1 fully saturated rings. The van der Waals surface area contributed by atoms with Gasteiger partial charge in [-0.25, -0.2) is 0 Å². The van der Waals surface area contributed by atoms with E-state index in [2.05, 4.69) is 31.7 Å². The molecule has 0 amide bonds. The van der Waals surface area contributed by atoms with Crippen LogP contribution >= 0.6 is 11.6 Å². The molecule has 0 aromatic heterocycles. The minimum atomic E-state index is 0.127. The molecule has 0 unspecified atom stereocenters. The number of aromatic hydroxyl groups is 1. The maximum Gasteiger partial charge on any atom is 0.134 e. The lowest BCUT2D eigenvalue weighted by Gasteiger charge is -2.45. The van der Waals surface area contributed by atoms with Gasteiger partial charge in [0.05, 0.1) is 5.02 Å². The predicted molar refractivity (Wildman–Crippen MR) is 94.8 cm³/mol. The second-order valence-corrected chi connectivity index (χ2v) is 7.50. The number of phenolic OH excluding ortho intramolecular Hbond substituents is 1. The van der Waals surface area contributed by atoms with E-state index < -0.39 is 0 Å². The molecule has 0 aliphatic carbocycles. The highest BCUT2D eigenvalue weighted by Crippen LogP contribution is 2.41. The van der Waals surface area contributed by atoms with Crippen LogP contribution in [0.4, 0.5) is 0 Å². The van der Waals surface area contributed by atoms with Crippen molar-refractivity contribution in [2.45, 2.75) is 58.3 Å². The lowest BCUT2D eigenvalue weighted by molar-refractivity contribution is 0.109. The van der Waals surface area contributed by atoms with Crippen molar-refractivity contribution in [2.24, 2.45) is 5.92 Å². The van der Waals surface area contributed by atoms with E-state index in [1.165, 1.54) is 37.8 Å². The monoisotopic (exact) mass is 323 g/mol. The highest BCUT2D eigenvalue weighted by molar-refractivity contribution is 6.32. The number of nitrogens with zero attached hydrogens (tertiary/aromatic N) is 1. The minimum absolute atomic E-state index is 0.127.